The standard InChI is InChI=1S/C28H20ClF4N7O2S.C8H14FN/c1-41-28-38-22-19-23(20(29)18(21(22)33)12-4-5-14(30)24-17(12)13(10-34)26(36)43-24)42-8-7-40(27(19)39-28)15(9-16(31)32)11-3-2-6-37-25(11)35;1-8-3-2-4-10(8)6-7(9)5-8/h2-6,15-16H,7-9,36H2,1H3,(H2,35,37);7H,2-6H2,1H3/t15-;7?,8-/m10/s1. The Labute approximate surface area is 310 Å². The maximum atomic E-state index is 16.7. The van der Waals surface area contributed by atoms with E-state index >= 15 is 4.39 Å². The molecule has 4 N–H and O–H groups in total. The summed E-state index contributed by atoms with van der Waals surface area (Å²) in [6, 6.07) is 6.21. The first-order valence-electron chi connectivity index (χ1n) is 16.8. The van der Waals surface area contributed by atoms with Crippen molar-refractivity contribution in [3.8, 4) is 29.0 Å². The molecule has 0 radical (unpaired) electrons. The number of hydrogen-bond acceptors (Lipinski definition) is 11. The van der Waals surface area contributed by atoms with Crippen molar-refractivity contribution in [3.63, 3.8) is 0 Å². The third kappa shape index (κ3) is 6.38. The highest BCUT2D eigenvalue weighted by Gasteiger charge is 2.45. The first-order chi connectivity index (χ1) is 25.4. The lowest BCUT2D eigenvalue weighted by molar-refractivity contribution is 0.126. The third-order valence-electron chi connectivity index (χ3n) is 10.2. The fourth-order valence-corrected chi connectivity index (χ4v) is 9.06. The molecule has 5 aromatic rings. The first-order valence-corrected chi connectivity index (χ1v) is 18.0. The van der Waals surface area contributed by atoms with Crippen LogP contribution in [0.25, 0.3) is 32.1 Å². The number of halogens is 6. The van der Waals surface area contributed by atoms with Crippen LogP contribution in [-0.4, -0.2) is 71.3 Å². The molecule has 17 heteroatoms. The van der Waals surface area contributed by atoms with Crippen LogP contribution in [-0.2, 0) is 0 Å². The number of alkyl halides is 3. The highest BCUT2D eigenvalue weighted by molar-refractivity contribution is 7.23. The van der Waals surface area contributed by atoms with Gasteiger partial charge in [0.1, 0.15) is 46.8 Å². The lowest BCUT2D eigenvalue weighted by Gasteiger charge is -2.32. The van der Waals surface area contributed by atoms with E-state index in [1.807, 2.05) is 6.07 Å². The number of aromatic nitrogens is 3. The zero-order valence-electron chi connectivity index (χ0n) is 28.6. The number of ether oxygens (including phenoxy) is 2. The molecule has 3 aliphatic rings. The van der Waals surface area contributed by atoms with Crippen molar-refractivity contribution in [2.45, 2.75) is 56.8 Å². The highest BCUT2D eigenvalue weighted by atomic mass is 35.5. The number of hydrogen-bond donors (Lipinski definition) is 2. The Kier molecular flexibility index (Phi) is 9.85. The van der Waals surface area contributed by atoms with E-state index in [-0.39, 0.29) is 89.8 Å². The van der Waals surface area contributed by atoms with E-state index in [2.05, 4.69) is 26.8 Å². The minimum atomic E-state index is -2.75. The van der Waals surface area contributed by atoms with Crippen molar-refractivity contribution in [1.29, 1.82) is 5.26 Å². The summed E-state index contributed by atoms with van der Waals surface area (Å²) in [5.41, 5.74) is 12.2. The monoisotopic (exact) mass is 772 g/mol. The van der Waals surface area contributed by atoms with Crippen LogP contribution in [0, 0.1) is 23.0 Å². The molecule has 6 heterocycles. The molecule has 0 bridgehead atoms. The molecular weight excluding hydrogens is 739 g/mol. The van der Waals surface area contributed by atoms with E-state index in [1.165, 1.54) is 37.1 Å². The normalized spacial score (nSPS) is 20.2. The van der Waals surface area contributed by atoms with E-state index in [0.717, 1.165) is 30.4 Å². The number of benzene rings is 2. The fourth-order valence-electron chi connectivity index (χ4n) is 7.78. The quantitative estimate of drug-likeness (QED) is 0.163. The largest absolute Gasteiger partial charge is 0.489 e. The van der Waals surface area contributed by atoms with Gasteiger partial charge in [0, 0.05) is 41.2 Å². The second-order valence-corrected chi connectivity index (χ2v) is 14.8. The van der Waals surface area contributed by atoms with Crippen LogP contribution in [0.5, 0.6) is 11.8 Å². The van der Waals surface area contributed by atoms with E-state index in [0.29, 0.717) is 12.1 Å². The Balaban J connectivity index is 0.000000373. The minimum Gasteiger partial charge on any atom is -0.489 e. The lowest BCUT2D eigenvalue weighted by atomic mass is 9.96. The molecule has 10 nitrogen and oxygen atoms in total. The SMILES string of the molecule is COc1nc2c3c(c(Cl)c(-c4ccc(F)c5sc(N)c(C#N)c45)c(F)c3n1)OCCN2[C@H](CC(F)F)c1cccnc1N.C[C@@]12CCCN1CC(F)C2. The van der Waals surface area contributed by atoms with Crippen LogP contribution in [0.3, 0.4) is 0 Å². The molecule has 0 spiro atoms. The molecule has 0 amide bonds. The Bertz CT molecular complexity index is 2270. The number of rotatable bonds is 6. The lowest BCUT2D eigenvalue weighted by Crippen LogP contribution is -2.34. The number of nitriles is 1. The van der Waals surface area contributed by atoms with Crippen molar-refractivity contribution in [3.05, 3.63) is 58.2 Å². The van der Waals surface area contributed by atoms with Crippen LogP contribution < -0.4 is 25.8 Å². The first kappa shape index (κ1) is 36.6. The second kappa shape index (κ2) is 14.3. The molecule has 1 unspecified atom stereocenters. The van der Waals surface area contributed by atoms with Crippen LogP contribution in [0.1, 0.15) is 49.8 Å². The number of pyridine rings is 1. The Morgan fingerprint density at radius 1 is 1.19 bits per heavy atom. The molecule has 8 rings (SSSR count). The smallest absolute Gasteiger partial charge is 0.318 e. The highest BCUT2D eigenvalue weighted by Crippen LogP contribution is 2.51. The van der Waals surface area contributed by atoms with Gasteiger partial charge < -0.3 is 25.8 Å². The maximum Gasteiger partial charge on any atom is 0.318 e. The van der Waals surface area contributed by atoms with Crippen molar-refractivity contribution >= 4 is 60.6 Å². The van der Waals surface area contributed by atoms with Crippen LogP contribution >= 0.6 is 22.9 Å². The molecule has 2 saturated heterocycles. The van der Waals surface area contributed by atoms with Gasteiger partial charge >= 0.3 is 6.01 Å². The summed E-state index contributed by atoms with van der Waals surface area (Å²) in [5.74, 6) is -1.56. The summed E-state index contributed by atoms with van der Waals surface area (Å²) in [4.78, 5) is 16.5. The van der Waals surface area contributed by atoms with Crippen LogP contribution in [0.4, 0.5) is 38.6 Å². The van der Waals surface area contributed by atoms with Gasteiger partial charge in [-0.05, 0) is 50.4 Å². The van der Waals surface area contributed by atoms with Gasteiger partial charge in [0.05, 0.1) is 40.4 Å². The zero-order chi connectivity index (χ0) is 37.8. The Morgan fingerprint density at radius 3 is 2.68 bits per heavy atom. The molecule has 0 aliphatic carbocycles. The Morgan fingerprint density at radius 2 is 1.98 bits per heavy atom. The molecule has 0 saturated carbocycles. The molecule has 3 aliphatic heterocycles. The summed E-state index contributed by atoms with van der Waals surface area (Å²) < 4.78 is 83.7. The van der Waals surface area contributed by atoms with Gasteiger partial charge in [0.2, 0.25) is 6.43 Å². The van der Waals surface area contributed by atoms with Gasteiger partial charge in [-0.15, -0.1) is 11.3 Å². The molecule has 3 aromatic heterocycles. The van der Waals surface area contributed by atoms with E-state index in [1.54, 1.807) is 12.1 Å². The predicted molar refractivity (Wildman–Crippen MR) is 195 cm³/mol. The van der Waals surface area contributed by atoms with Gasteiger partial charge in [-0.1, -0.05) is 23.7 Å². The van der Waals surface area contributed by atoms with Crippen molar-refractivity contribution < 1.29 is 31.4 Å². The summed E-state index contributed by atoms with van der Waals surface area (Å²) in [6.45, 7) is 3.95. The zero-order valence-corrected chi connectivity index (χ0v) is 30.2. The van der Waals surface area contributed by atoms with Crippen molar-refractivity contribution in [1.82, 2.24) is 19.9 Å². The summed E-state index contributed by atoms with van der Waals surface area (Å²) >= 11 is 7.70. The second-order valence-electron chi connectivity index (χ2n) is 13.4. The van der Waals surface area contributed by atoms with Crippen molar-refractivity contribution in [2.75, 3.05) is 49.7 Å². The fraction of sp³-hybridized carbons (Fsp3) is 0.389. The van der Waals surface area contributed by atoms with Crippen LogP contribution in [0.15, 0.2) is 30.5 Å². The number of anilines is 3. The van der Waals surface area contributed by atoms with Gasteiger partial charge in [-0.3, -0.25) is 4.90 Å². The van der Waals surface area contributed by atoms with Gasteiger partial charge in [-0.25, -0.2) is 26.9 Å². The molecule has 3 atom stereocenters. The molecule has 2 aromatic carbocycles. The number of fused-ring (bicyclic) bond motifs is 2. The van der Waals surface area contributed by atoms with Crippen LogP contribution in [0.2, 0.25) is 5.02 Å². The number of methoxy groups -OCH3 is 1. The topological polar surface area (TPSA) is 139 Å². The molecule has 53 heavy (non-hydrogen) atoms. The van der Waals surface area contributed by atoms with E-state index in [4.69, 9.17) is 32.5 Å². The van der Waals surface area contributed by atoms with Gasteiger partial charge in [0.15, 0.2) is 11.6 Å². The number of thiophene rings is 1. The third-order valence-corrected chi connectivity index (χ3v) is 11.6. The van der Waals surface area contributed by atoms with Crippen molar-refractivity contribution in [2.24, 2.45) is 0 Å². The number of nitrogens with zero attached hydrogens (tertiary/aromatic N) is 6. The minimum absolute atomic E-state index is 0.00923. The average molecular weight is 773 g/mol. The predicted octanol–water partition coefficient (Wildman–Crippen LogP) is 8.06. The molecule has 278 valence electrons. The molecule has 2 fully saturated rings. The van der Waals surface area contributed by atoms with E-state index < -0.39 is 36.7 Å². The average Bonchev–Trinajstić information content (AvgIpc) is 3.69. The summed E-state index contributed by atoms with van der Waals surface area (Å²) in [7, 11) is 1.27. The number of nitrogens with two attached hydrogens (primary N) is 2. The number of nitrogen functional groups attached to an aromatic ring is 2. The van der Waals surface area contributed by atoms with Gasteiger partial charge in [0.25, 0.3) is 0 Å². The summed E-state index contributed by atoms with van der Waals surface area (Å²) in [6.07, 6.45) is 0.724. The maximum absolute atomic E-state index is 16.7. The summed E-state index contributed by atoms with van der Waals surface area (Å²) in [5, 5.41) is 9.71. The molecular formula is C36H34ClF5N8O2S. The Hall–Kier alpha value is -4.72. The van der Waals surface area contributed by atoms with Gasteiger partial charge in [-0.2, -0.15) is 15.2 Å². The van der Waals surface area contributed by atoms with E-state index in [9.17, 15) is 22.8 Å².